The second-order valence-electron chi connectivity index (χ2n) is 6.26. The number of carbonyl (C=O) groups excluding carboxylic acids is 1. The number of thioether (sulfide) groups is 1. The van der Waals surface area contributed by atoms with Gasteiger partial charge in [-0.3, -0.25) is 9.69 Å². The zero-order valence-corrected chi connectivity index (χ0v) is 16.9. The summed E-state index contributed by atoms with van der Waals surface area (Å²) in [6, 6.07) is 21.5. The molecule has 1 amide bonds. The molecule has 2 heterocycles. The number of imidazole rings is 1. The summed E-state index contributed by atoms with van der Waals surface area (Å²) >= 11 is 9.12. The van der Waals surface area contributed by atoms with Crippen molar-refractivity contribution in [3.8, 4) is 0 Å². The lowest BCUT2D eigenvalue weighted by atomic mass is 10.2. The van der Waals surface area contributed by atoms with Gasteiger partial charge in [-0.2, -0.15) is 0 Å². The van der Waals surface area contributed by atoms with Crippen molar-refractivity contribution in [3.05, 3.63) is 71.8 Å². The van der Waals surface area contributed by atoms with Crippen molar-refractivity contribution in [1.29, 1.82) is 0 Å². The third-order valence-corrected chi connectivity index (χ3v) is 6.66. The maximum Gasteiger partial charge on any atom is 0.242 e. The molecule has 0 atom stereocenters. The summed E-state index contributed by atoms with van der Waals surface area (Å²) in [6.07, 6.45) is 0. The monoisotopic (exact) mass is 423 g/mol. The summed E-state index contributed by atoms with van der Waals surface area (Å²) in [7, 11) is 0. The van der Waals surface area contributed by atoms with Gasteiger partial charge in [0.25, 0.3) is 0 Å². The lowest BCUT2D eigenvalue weighted by Gasteiger charge is -2.30. The van der Waals surface area contributed by atoms with Crippen molar-refractivity contribution >= 4 is 63.4 Å². The van der Waals surface area contributed by atoms with Crippen molar-refractivity contribution in [2.75, 3.05) is 10.7 Å². The number of aromatic nitrogens is 2. The van der Waals surface area contributed by atoms with Crippen LogP contribution in [0.25, 0.3) is 11.0 Å². The van der Waals surface area contributed by atoms with Gasteiger partial charge in [-0.05, 0) is 42.5 Å². The van der Waals surface area contributed by atoms with Gasteiger partial charge < -0.3 is 4.98 Å². The molecule has 0 aliphatic carbocycles. The smallest absolute Gasteiger partial charge is 0.242 e. The number of para-hydroxylation sites is 2. The van der Waals surface area contributed by atoms with Gasteiger partial charge in [0.15, 0.2) is 5.16 Å². The first-order valence-electron chi connectivity index (χ1n) is 8.66. The van der Waals surface area contributed by atoms with Crippen molar-refractivity contribution in [1.82, 2.24) is 9.97 Å². The predicted octanol–water partition coefficient (Wildman–Crippen LogP) is 6.14. The summed E-state index contributed by atoms with van der Waals surface area (Å²) in [5.41, 5.74) is 3.55. The lowest BCUT2D eigenvalue weighted by molar-refractivity contribution is -0.115. The van der Waals surface area contributed by atoms with E-state index < -0.39 is 0 Å². The first kappa shape index (κ1) is 17.7. The van der Waals surface area contributed by atoms with E-state index in [2.05, 4.69) is 9.97 Å². The summed E-state index contributed by atoms with van der Waals surface area (Å²) in [5.74, 6) is 0.296. The molecule has 138 valence electrons. The fraction of sp³-hybridized carbons (Fsp3) is 0.0476. The van der Waals surface area contributed by atoms with Gasteiger partial charge in [0.2, 0.25) is 5.91 Å². The van der Waals surface area contributed by atoms with Crippen LogP contribution in [0.15, 0.2) is 81.7 Å². The summed E-state index contributed by atoms with van der Waals surface area (Å²) in [5, 5.41) is 1.36. The third kappa shape index (κ3) is 3.17. The number of anilines is 2. The highest BCUT2D eigenvalue weighted by Crippen LogP contribution is 2.48. The Balaban J connectivity index is 1.43. The number of carbonyl (C=O) groups is 1. The Morgan fingerprint density at radius 1 is 1.04 bits per heavy atom. The maximum absolute atomic E-state index is 13.2. The van der Waals surface area contributed by atoms with Crippen molar-refractivity contribution in [2.24, 2.45) is 0 Å². The Bertz CT molecular complexity index is 1160. The van der Waals surface area contributed by atoms with E-state index in [0.717, 1.165) is 32.2 Å². The molecule has 4 nitrogen and oxygen atoms in total. The number of nitrogens with one attached hydrogen (secondary N) is 1. The molecule has 1 N–H and O–H groups in total. The molecule has 3 aromatic carbocycles. The topological polar surface area (TPSA) is 49.0 Å². The van der Waals surface area contributed by atoms with E-state index in [4.69, 9.17) is 11.6 Å². The highest BCUT2D eigenvalue weighted by atomic mass is 35.5. The quantitative estimate of drug-likeness (QED) is 0.402. The lowest BCUT2D eigenvalue weighted by Crippen LogP contribution is -2.30. The molecular weight excluding hydrogens is 410 g/mol. The first-order valence-corrected chi connectivity index (χ1v) is 10.8. The number of hydrogen-bond donors (Lipinski definition) is 1. The van der Waals surface area contributed by atoms with Gasteiger partial charge in [0.05, 0.1) is 28.2 Å². The average Bonchev–Trinajstić information content (AvgIpc) is 3.12. The molecule has 0 spiro atoms. The van der Waals surface area contributed by atoms with Crippen LogP contribution in [0.1, 0.15) is 0 Å². The number of hydrogen-bond acceptors (Lipinski definition) is 4. The fourth-order valence-corrected chi connectivity index (χ4v) is 5.16. The minimum absolute atomic E-state index is 0.0173. The fourth-order valence-electron chi connectivity index (χ4n) is 3.19. The normalized spacial score (nSPS) is 12.7. The maximum atomic E-state index is 13.2. The van der Waals surface area contributed by atoms with Crippen molar-refractivity contribution in [2.45, 2.75) is 14.9 Å². The molecule has 1 aromatic heterocycles. The molecule has 0 fully saturated rings. The van der Waals surface area contributed by atoms with Crippen LogP contribution in [0, 0.1) is 0 Å². The molecular formula is C21H14ClN3OS2. The van der Waals surface area contributed by atoms with E-state index >= 15 is 0 Å². The number of benzene rings is 3. The molecule has 1 aliphatic heterocycles. The summed E-state index contributed by atoms with van der Waals surface area (Å²) < 4.78 is 0. The molecule has 0 unspecified atom stereocenters. The number of rotatable bonds is 3. The molecule has 28 heavy (non-hydrogen) atoms. The Hall–Kier alpha value is -2.41. The Morgan fingerprint density at radius 2 is 1.71 bits per heavy atom. The van der Waals surface area contributed by atoms with Gasteiger partial charge >= 0.3 is 0 Å². The number of nitrogens with zero attached hydrogens (tertiary/aromatic N) is 2. The van der Waals surface area contributed by atoms with Gasteiger partial charge in [-0.1, -0.05) is 59.4 Å². The Labute approximate surface area is 175 Å². The molecule has 0 saturated carbocycles. The number of aromatic amines is 1. The van der Waals surface area contributed by atoms with E-state index in [1.54, 1.807) is 11.8 Å². The summed E-state index contributed by atoms with van der Waals surface area (Å²) in [4.78, 5) is 24.9. The van der Waals surface area contributed by atoms with Crippen LogP contribution in [-0.2, 0) is 4.79 Å². The highest BCUT2D eigenvalue weighted by Gasteiger charge is 2.27. The second-order valence-corrected chi connectivity index (χ2v) is 8.74. The third-order valence-electron chi connectivity index (χ3n) is 4.44. The molecule has 0 radical (unpaired) electrons. The molecule has 4 aromatic rings. The van der Waals surface area contributed by atoms with Crippen LogP contribution in [0.4, 0.5) is 11.4 Å². The largest absolute Gasteiger partial charge is 0.333 e. The highest BCUT2D eigenvalue weighted by molar-refractivity contribution is 8.00. The van der Waals surface area contributed by atoms with Gasteiger partial charge in [-0.25, -0.2) is 4.98 Å². The van der Waals surface area contributed by atoms with E-state index in [-0.39, 0.29) is 11.7 Å². The zero-order chi connectivity index (χ0) is 19.1. The summed E-state index contributed by atoms with van der Waals surface area (Å²) in [6.45, 7) is 0. The van der Waals surface area contributed by atoms with Crippen LogP contribution in [0.2, 0.25) is 5.02 Å². The van der Waals surface area contributed by atoms with Gasteiger partial charge in [0, 0.05) is 14.8 Å². The van der Waals surface area contributed by atoms with E-state index in [1.807, 2.05) is 71.6 Å². The van der Waals surface area contributed by atoms with E-state index in [1.165, 1.54) is 11.8 Å². The van der Waals surface area contributed by atoms with Crippen LogP contribution >= 0.6 is 35.1 Å². The molecule has 5 rings (SSSR count). The Morgan fingerprint density at radius 3 is 2.43 bits per heavy atom. The number of halogens is 1. The van der Waals surface area contributed by atoms with Crippen LogP contribution in [0.5, 0.6) is 0 Å². The van der Waals surface area contributed by atoms with Crippen molar-refractivity contribution in [3.63, 3.8) is 0 Å². The molecule has 7 heteroatoms. The molecule has 0 saturated heterocycles. The molecule has 1 aliphatic rings. The van der Waals surface area contributed by atoms with E-state index in [9.17, 15) is 4.79 Å². The SMILES string of the molecule is O=C(CSc1nc2ccc(Cl)cc2[nH]1)N1c2ccccc2Sc2ccccc21. The number of fused-ring (bicyclic) bond motifs is 3. The van der Waals surface area contributed by atoms with Gasteiger partial charge in [0.1, 0.15) is 0 Å². The minimum atomic E-state index is 0.0173. The van der Waals surface area contributed by atoms with Crippen LogP contribution in [0.3, 0.4) is 0 Å². The average molecular weight is 424 g/mol. The minimum Gasteiger partial charge on any atom is -0.333 e. The number of amides is 1. The standard InChI is InChI=1S/C21H14ClN3OS2/c22-13-9-10-14-15(11-13)24-21(23-14)27-12-20(26)25-16-5-1-3-7-18(16)28-19-8-4-2-6-17(19)25/h1-11H,12H2,(H,23,24). The Kier molecular flexibility index (Phi) is 4.55. The number of H-pyrrole nitrogens is 1. The van der Waals surface area contributed by atoms with E-state index in [0.29, 0.717) is 10.2 Å². The zero-order valence-electron chi connectivity index (χ0n) is 14.6. The van der Waals surface area contributed by atoms with Crippen LogP contribution < -0.4 is 4.90 Å². The van der Waals surface area contributed by atoms with Gasteiger partial charge in [-0.15, -0.1) is 0 Å². The second kappa shape index (κ2) is 7.20. The van der Waals surface area contributed by atoms with Crippen LogP contribution in [-0.4, -0.2) is 21.6 Å². The molecule has 0 bridgehead atoms. The first-order chi connectivity index (χ1) is 13.7. The van der Waals surface area contributed by atoms with Crippen molar-refractivity contribution < 1.29 is 4.79 Å². The predicted molar refractivity (Wildman–Crippen MR) is 116 cm³/mol.